The van der Waals surface area contributed by atoms with Crippen LogP contribution in [0.3, 0.4) is 0 Å². The number of aryl methyl sites for hydroxylation is 2. The molecule has 0 saturated carbocycles. The summed E-state index contributed by atoms with van der Waals surface area (Å²) >= 11 is 0. The molecule has 2 aromatic rings. The highest BCUT2D eigenvalue weighted by molar-refractivity contribution is 5.71. The minimum atomic E-state index is -0.235. The van der Waals surface area contributed by atoms with E-state index >= 15 is 0 Å². The first-order valence-electron chi connectivity index (χ1n) is 8.49. The maximum absolute atomic E-state index is 9.67. The lowest BCUT2D eigenvalue weighted by Crippen LogP contribution is -2.23. The number of hydrogen-bond acceptors (Lipinski definition) is 2. The maximum Gasteiger partial charge on any atom is 0.0609 e. The molecule has 0 atom stereocenters. The van der Waals surface area contributed by atoms with Crippen molar-refractivity contribution in [2.75, 3.05) is 6.61 Å². The van der Waals surface area contributed by atoms with Crippen molar-refractivity contribution in [3.05, 3.63) is 52.3 Å². The van der Waals surface area contributed by atoms with Crippen molar-refractivity contribution >= 4 is 12.2 Å². The summed E-state index contributed by atoms with van der Waals surface area (Å²) in [6, 6.07) is 8.60. The van der Waals surface area contributed by atoms with Crippen LogP contribution in [0, 0.1) is 6.92 Å². The minimum Gasteiger partial charge on any atom is -0.395 e. The Hall–Kier alpha value is -1.87. The molecular formula is C21H30N2O. The van der Waals surface area contributed by atoms with E-state index in [1.807, 2.05) is 18.7 Å². The minimum absolute atomic E-state index is 0.0313. The van der Waals surface area contributed by atoms with E-state index in [0.717, 1.165) is 11.4 Å². The van der Waals surface area contributed by atoms with Crippen molar-refractivity contribution < 1.29 is 5.11 Å². The largest absolute Gasteiger partial charge is 0.395 e. The maximum atomic E-state index is 9.67. The van der Waals surface area contributed by atoms with E-state index in [-0.39, 0.29) is 17.4 Å². The van der Waals surface area contributed by atoms with Crippen LogP contribution in [0.25, 0.3) is 12.2 Å². The number of rotatable bonds is 4. The van der Waals surface area contributed by atoms with Crippen LogP contribution in [0.15, 0.2) is 24.3 Å². The number of nitrogens with zero attached hydrogens (tertiary/aromatic N) is 2. The van der Waals surface area contributed by atoms with Crippen LogP contribution in [0.4, 0.5) is 0 Å². The van der Waals surface area contributed by atoms with Crippen LogP contribution in [0.1, 0.15) is 62.7 Å². The van der Waals surface area contributed by atoms with Crippen LogP contribution in [-0.4, -0.2) is 21.5 Å². The summed E-state index contributed by atoms with van der Waals surface area (Å²) in [5.41, 5.74) is 5.57. The summed E-state index contributed by atoms with van der Waals surface area (Å²) in [4.78, 5) is 0. The Morgan fingerprint density at radius 1 is 1.08 bits per heavy atom. The number of benzene rings is 1. The van der Waals surface area contributed by atoms with Crippen molar-refractivity contribution in [1.82, 2.24) is 9.78 Å². The second-order valence-electron chi connectivity index (χ2n) is 8.26. The molecule has 0 amide bonds. The molecule has 1 aromatic carbocycles. The number of aromatic nitrogens is 2. The predicted molar refractivity (Wildman–Crippen MR) is 102 cm³/mol. The zero-order valence-corrected chi connectivity index (χ0v) is 16.0. The second kappa shape index (κ2) is 6.56. The average molecular weight is 326 g/mol. The summed E-state index contributed by atoms with van der Waals surface area (Å²) < 4.78 is 1.89. The summed E-state index contributed by atoms with van der Waals surface area (Å²) in [7, 11) is 1.96. The van der Waals surface area contributed by atoms with Crippen molar-refractivity contribution in [2.45, 2.75) is 52.4 Å². The molecule has 1 N–H and O–H groups in total. The van der Waals surface area contributed by atoms with Crippen LogP contribution < -0.4 is 0 Å². The Bertz CT molecular complexity index is 746. The Labute approximate surface area is 146 Å². The Kier molecular flexibility index (Phi) is 5.05. The van der Waals surface area contributed by atoms with Crippen LogP contribution >= 0.6 is 0 Å². The fourth-order valence-corrected chi connectivity index (χ4v) is 2.83. The molecule has 0 aliphatic carbocycles. The van der Waals surface area contributed by atoms with Crippen LogP contribution in [0.2, 0.25) is 0 Å². The summed E-state index contributed by atoms with van der Waals surface area (Å²) in [5.74, 6) is 0. The monoisotopic (exact) mass is 326 g/mol. The topological polar surface area (TPSA) is 38.0 Å². The zero-order valence-electron chi connectivity index (χ0n) is 16.0. The quantitative estimate of drug-likeness (QED) is 0.900. The number of aliphatic hydroxyl groups is 1. The van der Waals surface area contributed by atoms with Crippen molar-refractivity contribution in [1.29, 1.82) is 0 Å². The van der Waals surface area contributed by atoms with Gasteiger partial charge in [-0.05, 0) is 41.2 Å². The highest BCUT2D eigenvalue weighted by Gasteiger charge is 2.23. The van der Waals surface area contributed by atoms with Gasteiger partial charge < -0.3 is 5.11 Å². The van der Waals surface area contributed by atoms with Gasteiger partial charge in [0.05, 0.1) is 18.0 Å². The standard InChI is InChI=1S/C21H30N2O/c1-15-12-18(23(7)22-15)11-9-16-8-10-17(21(5,6)14-24)13-19(16)20(2,3)4/h8-13,24H,14H2,1-7H3/b11-9+. The van der Waals surface area contributed by atoms with Gasteiger partial charge in [-0.2, -0.15) is 5.10 Å². The molecule has 24 heavy (non-hydrogen) atoms. The van der Waals surface area contributed by atoms with E-state index in [9.17, 15) is 5.11 Å². The average Bonchev–Trinajstić information content (AvgIpc) is 2.81. The van der Waals surface area contributed by atoms with E-state index in [4.69, 9.17) is 0 Å². The van der Waals surface area contributed by atoms with E-state index in [1.54, 1.807) is 0 Å². The fraction of sp³-hybridized carbons (Fsp3) is 0.476. The number of aliphatic hydroxyl groups excluding tert-OH is 1. The second-order valence-corrected chi connectivity index (χ2v) is 8.26. The Balaban J connectivity index is 2.48. The lowest BCUT2D eigenvalue weighted by Gasteiger charge is -2.28. The van der Waals surface area contributed by atoms with Gasteiger partial charge >= 0.3 is 0 Å². The lowest BCUT2D eigenvalue weighted by molar-refractivity contribution is 0.218. The van der Waals surface area contributed by atoms with Gasteiger partial charge in [0.25, 0.3) is 0 Å². The van der Waals surface area contributed by atoms with E-state index < -0.39 is 0 Å². The lowest BCUT2D eigenvalue weighted by atomic mass is 9.78. The normalized spacial score (nSPS) is 13.0. The van der Waals surface area contributed by atoms with Gasteiger partial charge in [-0.15, -0.1) is 0 Å². The van der Waals surface area contributed by atoms with Crippen molar-refractivity contribution in [3.63, 3.8) is 0 Å². The smallest absolute Gasteiger partial charge is 0.0609 e. The van der Waals surface area contributed by atoms with Gasteiger partial charge in [-0.1, -0.05) is 58.9 Å². The van der Waals surface area contributed by atoms with Crippen molar-refractivity contribution in [3.8, 4) is 0 Å². The summed E-state index contributed by atoms with van der Waals surface area (Å²) in [6.07, 6.45) is 4.27. The first kappa shape index (κ1) is 18.5. The summed E-state index contributed by atoms with van der Waals surface area (Å²) in [6.45, 7) is 13.0. The predicted octanol–water partition coefficient (Wildman–Crippen LogP) is 4.47. The zero-order chi connectivity index (χ0) is 18.1. The molecule has 0 saturated heterocycles. The molecule has 1 heterocycles. The molecule has 0 aliphatic rings. The first-order chi connectivity index (χ1) is 11.0. The van der Waals surface area contributed by atoms with E-state index in [1.165, 1.54) is 16.7 Å². The SMILES string of the molecule is Cc1cc(/C=C/c2ccc(C(C)(C)CO)cc2C(C)(C)C)n(C)n1. The van der Waals surface area contributed by atoms with Gasteiger partial charge in [0.15, 0.2) is 0 Å². The van der Waals surface area contributed by atoms with Gasteiger partial charge in [0.1, 0.15) is 0 Å². The van der Waals surface area contributed by atoms with Crippen molar-refractivity contribution in [2.24, 2.45) is 7.05 Å². The van der Waals surface area contributed by atoms with Gasteiger partial charge in [0, 0.05) is 12.5 Å². The van der Waals surface area contributed by atoms with Crippen LogP contribution in [-0.2, 0) is 17.9 Å². The molecule has 1 aromatic heterocycles. The van der Waals surface area contributed by atoms with E-state index in [2.05, 4.69) is 76.1 Å². The first-order valence-corrected chi connectivity index (χ1v) is 8.49. The summed E-state index contributed by atoms with van der Waals surface area (Å²) in [5, 5.41) is 14.1. The van der Waals surface area contributed by atoms with Gasteiger partial charge in [0.2, 0.25) is 0 Å². The highest BCUT2D eigenvalue weighted by Crippen LogP contribution is 2.32. The molecule has 0 aliphatic heterocycles. The van der Waals surface area contributed by atoms with E-state index in [0.29, 0.717) is 0 Å². The molecule has 130 valence electrons. The Morgan fingerprint density at radius 2 is 1.75 bits per heavy atom. The third kappa shape index (κ3) is 3.96. The molecule has 2 rings (SSSR count). The molecule has 3 heteroatoms. The molecule has 0 fully saturated rings. The Morgan fingerprint density at radius 3 is 2.25 bits per heavy atom. The highest BCUT2D eigenvalue weighted by atomic mass is 16.3. The molecule has 3 nitrogen and oxygen atoms in total. The molecule has 0 unspecified atom stereocenters. The third-order valence-electron chi connectivity index (χ3n) is 4.51. The number of hydrogen-bond donors (Lipinski definition) is 1. The molecule has 0 spiro atoms. The molecule has 0 radical (unpaired) electrons. The van der Waals surface area contributed by atoms with Gasteiger partial charge in [-0.3, -0.25) is 4.68 Å². The fourth-order valence-electron chi connectivity index (χ4n) is 2.83. The van der Waals surface area contributed by atoms with Gasteiger partial charge in [-0.25, -0.2) is 0 Å². The third-order valence-corrected chi connectivity index (χ3v) is 4.51. The van der Waals surface area contributed by atoms with Crippen LogP contribution in [0.5, 0.6) is 0 Å². The molecular weight excluding hydrogens is 296 g/mol. The molecule has 0 bridgehead atoms.